The van der Waals surface area contributed by atoms with Crippen molar-refractivity contribution in [1.82, 2.24) is 0 Å². The average molecular weight is 318 g/mol. The van der Waals surface area contributed by atoms with E-state index < -0.39 is 4.92 Å². The molecule has 1 N–H and O–H groups in total. The first-order valence-corrected chi connectivity index (χ1v) is 6.11. The second-order valence-corrected chi connectivity index (χ2v) is 4.56. The molecule has 2 rings (SSSR count). The van der Waals surface area contributed by atoms with Gasteiger partial charge in [0.15, 0.2) is 0 Å². The van der Waals surface area contributed by atoms with E-state index in [1.807, 2.05) is 30.3 Å². The molecule has 0 spiro atoms. The molecule has 0 aliphatic rings. The SMILES string of the molecule is N#Cc1cc(Nc2ccccc2Br)ccc1[N+](=O)[O-]. The van der Waals surface area contributed by atoms with E-state index in [4.69, 9.17) is 5.26 Å². The highest BCUT2D eigenvalue weighted by Gasteiger charge is 2.13. The number of nitrogens with zero attached hydrogens (tertiary/aromatic N) is 2. The molecule has 94 valence electrons. The predicted molar refractivity (Wildman–Crippen MR) is 75.2 cm³/mol. The Kier molecular flexibility index (Phi) is 3.78. The second kappa shape index (κ2) is 5.50. The molecule has 2 aromatic rings. The molecule has 0 bridgehead atoms. The zero-order valence-corrected chi connectivity index (χ0v) is 11.2. The summed E-state index contributed by atoms with van der Waals surface area (Å²) in [5.74, 6) is 0. The molecule has 0 heterocycles. The molecule has 0 amide bonds. The Hall–Kier alpha value is -2.39. The topological polar surface area (TPSA) is 79.0 Å². The van der Waals surface area contributed by atoms with E-state index in [2.05, 4.69) is 21.2 Å². The molecule has 0 aliphatic carbocycles. The third-order valence-electron chi connectivity index (χ3n) is 2.47. The van der Waals surface area contributed by atoms with Crippen molar-refractivity contribution in [1.29, 1.82) is 5.26 Å². The van der Waals surface area contributed by atoms with E-state index in [0.717, 1.165) is 10.2 Å². The summed E-state index contributed by atoms with van der Waals surface area (Å²) in [7, 11) is 0. The van der Waals surface area contributed by atoms with Crippen molar-refractivity contribution >= 4 is 33.0 Å². The molecule has 0 saturated heterocycles. The Morgan fingerprint density at radius 2 is 2.00 bits per heavy atom. The van der Waals surface area contributed by atoms with Crippen LogP contribution in [0.1, 0.15) is 5.56 Å². The minimum Gasteiger partial charge on any atom is -0.355 e. The van der Waals surface area contributed by atoms with Crippen molar-refractivity contribution in [3.8, 4) is 6.07 Å². The summed E-state index contributed by atoms with van der Waals surface area (Å²) in [5.41, 5.74) is 1.27. The quantitative estimate of drug-likeness (QED) is 0.686. The normalized spacial score (nSPS) is 9.68. The highest BCUT2D eigenvalue weighted by Crippen LogP contribution is 2.28. The van der Waals surface area contributed by atoms with Gasteiger partial charge >= 0.3 is 0 Å². The fourth-order valence-electron chi connectivity index (χ4n) is 1.58. The van der Waals surface area contributed by atoms with Crippen LogP contribution in [0.2, 0.25) is 0 Å². The molecule has 0 saturated carbocycles. The van der Waals surface area contributed by atoms with Gasteiger partial charge in [0.1, 0.15) is 11.6 Å². The van der Waals surface area contributed by atoms with E-state index in [1.165, 1.54) is 12.1 Å². The highest BCUT2D eigenvalue weighted by molar-refractivity contribution is 9.10. The van der Waals surface area contributed by atoms with Crippen LogP contribution < -0.4 is 5.32 Å². The lowest BCUT2D eigenvalue weighted by atomic mass is 10.1. The number of nitro benzene ring substituents is 1. The number of halogens is 1. The molecule has 0 aliphatic heterocycles. The minimum absolute atomic E-state index is 0.0297. The lowest BCUT2D eigenvalue weighted by Crippen LogP contribution is -1.95. The Morgan fingerprint density at radius 3 is 2.63 bits per heavy atom. The van der Waals surface area contributed by atoms with Gasteiger partial charge in [-0.3, -0.25) is 10.1 Å². The van der Waals surface area contributed by atoms with Gasteiger partial charge in [0, 0.05) is 16.2 Å². The predicted octanol–water partition coefficient (Wildman–Crippen LogP) is 3.97. The van der Waals surface area contributed by atoms with Gasteiger partial charge < -0.3 is 5.32 Å². The molecule has 5 nitrogen and oxygen atoms in total. The van der Waals surface area contributed by atoms with Crippen molar-refractivity contribution in [2.45, 2.75) is 0 Å². The average Bonchev–Trinajstić information content (AvgIpc) is 2.41. The zero-order valence-electron chi connectivity index (χ0n) is 9.63. The molecule has 0 fully saturated rings. The van der Waals surface area contributed by atoms with Gasteiger partial charge in [0.2, 0.25) is 0 Å². The zero-order chi connectivity index (χ0) is 13.8. The number of benzene rings is 2. The number of rotatable bonds is 3. The minimum atomic E-state index is -0.569. The molecule has 0 radical (unpaired) electrons. The maximum Gasteiger partial charge on any atom is 0.287 e. The third kappa shape index (κ3) is 2.89. The number of hydrogen-bond donors (Lipinski definition) is 1. The summed E-state index contributed by atoms with van der Waals surface area (Å²) in [4.78, 5) is 10.2. The van der Waals surface area contributed by atoms with E-state index in [9.17, 15) is 10.1 Å². The summed E-state index contributed by atoms with van der Waals surface area (Å²) < 4.78 is 0.867. The Labute approximate surface area is 117 Å². The first-order chi connectivity index (χ1) is 9.11. The van der Waals surface area contributed by atoms with E-state index >= 15 is 0 Å². The van der Waals surface area contributed by atoms with Crippen LogP contribution >= 0.6 is 15.9 Å². The van der Waals surface area contributed by atoms with Crippen LogP contribution in [-0.4, -0.2) is 4.92 Å². The van der Waals surface area contributed by atoms with Gasteiger partial charge in [-0.2, -0.15) is 5.26 Å². The van der Waals surface area contributed by atoms with E-state index in [-0.39, 0.29) is 11.3 Å². The van der Waals surface area contributed by atoms with Crippen molar-refractivity contribution in [3.63, 3.8) is 0 Å². The summed E-state index contributed by atoms with van der Waals surface area (Å²) in [6, 6.07) is 13.6. The highest BCUT2D eigenvalue weighted by atomic mass is 79.9. The van der Waals surface area contributed by atoms with Crippen LogP contribution in [-0.2, 0) is 0 Å². The summed E-state index contributed by atoms with van der Waals surface area (Å²) >= 11 is 3.39. The van der Waals surface area contributed by atoms with Gasteiger partial charge in [-0.05, 0) is 40.2 Å². The van der Waals surface area contributed by atoms with Gasteiger partial charge in [-0.1, -0.05) is 12.1 Å². The van der Waals surface area contributed by atoms with E-state index in [0.29, 0.717) is 5.69 Å². The molecule has 0 unspecified atom stereocenters. The van der Waals surface area contributed by atoms with Crippen molar-refractivity contribution in [2.75, 3.05) is 5.32 Å². The van der Waals surface area contributed by atoms with Crippen molar-refractivity contribution in [3.05, 3.63) is 62.6 Å². The van der Waals surface area contributed by atoms with Gasteiger partial charge in [0.25, 0.3) is 5.69 Å². The maximum absolute atomic E-state index is 10.7. The number of nitriles is 1. The van der Waals surface area contributed by atoms with Crippen LogP contribution in [0.15, 0.2) is 46.9 Å². The number of nitro groups is 1. The molecular formula is C13H8BrN3O2. The van der Waals surface area contributed by atoms with Crippen molar-refractivity contribution in [2.24, 2.45) is 0 Å². The Balaban J connectivity index is 2.36. The lowest BCUT2D eigenvalue weighted by Gasteiger charge is -2.08. The lowest BCUT2D eigenvalue weighted by molar-refractivity contribution is -0.385. The molecular weight excluding hydrogens is 310 g/mol. The number of nitrogens with one attached hydrogen (secondary N) is 1. The number of anilines is 2. The standard InChI is InChI=1S/C13H8BrN3O2/c14-11-3-1-2-4-12(11)16-10-5-6-13(17(18)19)9(7-10)8-15/h1-7,16H. The second-order valence-electron chi connectivity index (χ2n) is 3.71. The van der Waals surface area contributed by atoms with E-state index in [1.54, 1.807) is 6.07 Å². The maximum atomic E-state index is 10.7. The Morgan fingerprint density at radius 1 is 1.26 bits per heavy atom. The first-order valence-electron chi connectivity index (χ1n) is 5.32. The van der Waals surface area contributed by atoms with Crippen LogP contribution in [0.4, 0.5) is 17.1 Å². The molecule has 0 atom stereocenters. The van der Waals surface area contributed by atoms with Crippen molar-refractivity contribution < 1.29 is 4.92 Å². The van der Waals surface area contributed by atoms with Crippen LogP contribution in [0, 0.1) is 21.4 Å². The smallest absolute Gasteiger partial charge is 0.287 e. The first kappa shape index (κ1) is 13.1. The fourth-order valence-corrected chi connectivity index (χ4v) is 1.96. The fraction of sp³-hybridized carbons (Fsp3) is 0. The van der Waals surface area contributed by atoms with Crippen LogP contribution in [0.3, 0.4) is 0 Å². The summed E-state index contributed by atoms with van der Waals surface area (Å²) in [6.07, 6.45) is 0. The number of para-hydroxylation sites is 1. The van der Waals surface area contributed by atoms with Gasteiger partial charge in [-0.15, -0.1) is 0 Å². The Bertz CT molecular complexity index is 680. The molecule has 2 aromatic carbocycles. The van der Waals surface area contributed by atoms with Gasteiger partial charge in [-0.25, -0.2) is 0 Å². The summed E-state index contributed by atoms with van der Waals surface area (Å²) in [6.45, 7) is 0. The van der Waals surface area contributed by atoms with Crippen LogP contribution in [0.5, 0.6) is 0 Å². The third-order valence-corrected chi connectivity index (χ3v) is 3.16. The largest absolute Gasteiger partial charge is 0.355 e. The molecule has 0 aromatic heterocycles. The van der Waals surface area contributed by atoms with Crippen LogP contribution in [0.25, 0.3) is 0 Å². The number of hydrogen-bond acceptors (Lipinski definition) is 4. The van der Waals surface area contributed by atoms with Gasteiger partial charge in [0.05, 0.1) is 10.6 Å². The molecule has 6 heteroatoms. The molecule has 19 heavy (non-hydrogen) atoms. The summed E-state index contributed by atoms with van der Waals surface area (Å²) in [5, 5.41) is 22.7. The monoisotopic (exact) mass is 317 g/mol.